The maximum absolute atomic E-state index is 13.3. The molecule has 0 aliphatic carbocycles. The van der Waals surface area contributed by atoms with Gasteiger partial charge in [-0.1, -0.05) is 250 Å². The molecule has 2 aliphatic rings. The number of amides is 1. The number of nitrogens with one attached hydrogen (secondary N) is 1. The Bertz CT molecular complexity index is 1950. The Morgan fingerprint density at radius 2 is 0.802 bits per heavy atom. The van der Waals surface area contributed by atoms with E-state index in [0.29, 0.717) is 12.8 Å². The molecule has 2 fully saturated rings. The molecular weight excluding hydrogens is 1090 g/mol. The third-order valence-corrected chi connectivity index (χ3v) is 15.4. The zero-order chi connectivity index (χ0) is 62.3. The molecule has 12 unspecified atom stereocenters. The summed E-state index contributed by atoms with van der Waals surface area (Å²) in [5, 5.41) is 87.3. The van der Waals surface area contributed by atoms with Gasteiger partial charge >= 0.3 is 0 Å². The highest BCUT2D eigenvalue weighted by Gasteiger charge is 2.51. The quantitative estimate of drug-likeness (QED) is 0.0204. The van der Waals surface area contributed by atoms with Gasteiger partial charge in [-0.2, -0.15) is 0 Å². The number of allylic oxidation sites excluding steroid dienone is 22. The summed E-state index contributed by atoms with van der Waals surface area (Å²) in [5.74, 6) is -0.231. The van der Waals surface area contributed by atoms with Crippen LogP contribution in [0.15, 0.2) is 134 Å². The first-order chi connectivity index (χ1) is 42.1. The average Bonchev–Trinajstić information content (AvgIpc) is 2.76. The van der Waals surface area contributed by atoms with Gasteiger partial charge in [-0.3, -0.25) is 4.79 Å². The first kappa shape index (κ1) is 78.2. The van der Waals surface area contributed by atoms with Crippen LogP contribution in [-0.4, -0.2) is 140 Å². The van der Waals surface area contributed by atoms with Crippen molar-refractivity contribution >= 4 is 5.91 Å². The second kappa shape index (κ2) is 55.2. The molecule has 2 saturated heterocycles. The zero-order valence-corrected chi connectivity index (χ0v) is 53.0. The van der Waals surface area contributed by atoms with E-state index in [4.69, 9.17) is 18.9 Å². The molecule has 0 saturated carbocycles. The van der Waals surface area contributed by atoms with Gasteiger partial charge in [0.1, 0.15) is 48.8 Å². The summed E-state index contributed by atoms with van der Waals surface area (Å²) in [6, 6.07) is -0.848. The molecule has 9 N–H and O–H groups in total. The number of unbranched alkanes of at least 4 members (excludes halogenated alkanes) is 17. The molecule has 490 valence electrons. The van der Waals surface area contributed by atoms with Gasteiger partial charge in [0, 0.05) is 6.42 Å². The lowest BCUT2D eigenvalue weighted by Gasteiger charge is -2.46. The van der Waals surface area contributed by atoms with E-state index in [1.807, 2.05) is 0 Å². The molecule has 0 radical (unpaired) electrons. The first-order valence-electron chi connectivity index (χ1n) is 33.4. The van der Waals surface area contributed by atoms with Crippen LogP contribution in [0, 0.1) is 0 Å². The molecule has 12 atom stereocenters. The van der Waals surface area contributed by atoms with Crippen LogP contribution in [0.5, 0.6) is 0 Å². The maximum Gasteiger partial charge on any atom is 0.220 e. The molecule has 2 heterocycles. The van der Waals surface area contributed by atoms with Crippen molar-refractivity contribution in [1.82, 2.24) is 5.32 Å². The van der Waals surface area contributed by atoms with Crippen molar-refractivity contribution in [3.63, 3.8) is 0 Å². The Balaban J connectivity index is 1.64. The van der Waals surface area contributed by atoms with Crippen LogP contribution >= 0.6 is 0 Å². The number of hydrogen-bond acceptors (Lipinski definition) is 13. The number of ether oxygens (including phenoxy) is 4. The minimum atomic E-state index is -1.79. The summed E-state index contributed by atoms with van der Waals surface area (Å²) in [7, 11) is 0. The molecule has 2 rings (SSSR count). The monoisotopic (exact) mass is 1210 g/mol. The average molecular weight is 1210 g/mol. The molecule has 0 bridgehead atoms. The highest BCUT2D eigenvalue weighted by Crippen LogP contribution is 2.30. The van der Waals surface area contributed by atoms with E-state index in [1.54, 1.807) is 0 Å². The molecular formula is C72H119NO13. The Morgan fingerprint density at radius 1 is 0.430 bits per heavy atom. The molecule has 0 aromatic heterocycles. The summed E-state index contributed by atoms with van der Waals surface area (Å²) in [4.78, 5) is 13.3. The lowest BCUT2D eigenvalue weighted by Crippen LogP contribution is -2.65. The smallest absolute Gasteiger partial charge is 0.220 e. The predicted octanol–water partition coefficient (Wildman–Crippen LogP) is 13.1. The number of aliphatic hydroxyl groups excluding tert-OH is 8. The van der Waals surface area contributed by atoms with Crippen LogP contribution in [0.4, 0.5) is 0 Å². The van der Waals surface area contributed by atoms with E-state index < -0.39 is 86.8 Å². The number of carbonyl (C=O) groups is 1. The normalized spacial score (nSPS) is 24.3. The fourth-order valence-electron chi connectivity index (χ4n) is 10.1. The van der Waals surface area contributed by atoms with Crippen LogP contribution in [0.3, 0.4) is 0 Å². The van der Waals surface area contributed by atoms with Gasteiger partial charge in [0.05, 0.1) is 32.0 Å². The van der Waals surface area contributed by atoms with Crippen LogP contribution < -0.4 is 5.32 Å². The van der Waals surface area contributed by atoms with Crippen LogP contribution in [0.25, 0.3) is 0 Å². The highest BCUT2D eigenvalue weighted by atomic mass is 16.7. The summed E-state index contributed by atoms with van der Waals surface area (Å²) < 4.78 is 22.8. The molecule has 2 aliphatic heterocycles. The van der Waals surface area contributed by atoms with Crippen LogP contribution in [0.2, 0.25) is 0 Å². The molecule has 0 spiro atoms. The molecule has 0 aromatic carbocycles. The van der Waals surface area contributed by atoms with Crippen molar-refractivity contribution in [2.24, 2.45) is 0 Å². The summed E-state index contributed by atoms with van der Waals surface area (Å²) in [5.41, 5.74) is 0. The lowest BCUT2D eigenvalue weighted by molar-refractivity contribution is -0.359. The highest BCUT2D eigenvalue weighted by molar-refractivity contribution is 5.76. The van der Waals surface area contributed by atoms with Gasteiger partial charge in [0.15, 0.2) is 12.6 Å². The first-order valence-corrected chi connectivity index (χ1v) is 33.4. The van der Waals surface area contributed by atoms with Crippen molar-refractivity contribution in [3.8, 4) is 0 Å². The predicted molar refractivity (Wildman–Crippen MR) is 350 cm³/mol. The fraction of sp³-hybridized carbons (Fsp3) is 0.681. The second-order valence-electron chi connectivity index (χ2n) is 22.9. The Labute approximate surface area is 520 Å². The Kier molecular flexibility index (Phi) is 50.2. The van der Waals surface area contributed by atoms with Gasteiger partial charge in [-0.25, -0.2) is 0 Å². The van der Waals surface area contributed by atoms with Gasteiger partial charge in [-0.15, -0.1) is 0 Å². The van der Waals surface area contributed by atoms with E-state index in [-0.39, 0.29) is 18.9 Å². The summed E-state index contributed by atoms with van der Waals surface area (Å²) >= 11 is 0. The Hall–Kier alpha value is -3.87. The van der Waals surface area contributed by atoms with E-state index in [0.717, 1.165) is 128 Å². The van der Waals surface area contributed by atoms with Crippen molar-refractivity contribution in [3.05, 3.63) is 134 Å². The lowest BCUT2D eigenvalue weighted by atomic mass is 9.97. The van der Waals surface area contributed by atoms with E-state index in [2.05, 4.69) is 153 Å². The number of hydrogen-bond donors (Lipinski definition) is 9. The van der Waals surface area contributed by atoms with E-state index >= 15 is 0 Å². The largest absolute Gasteiger partial charge is 0.394 e. The third kappa shape index (κ3) is 39.2. The minimum absolute atomic E-state index is 0.231. The fourth-order valence-corrected chi connectivity index (χ4v) is 10.1. The number of carbonyl (C=O) groups excluding carboxylic acids is 1. The van der Waals surface area contributed by atoms with Crippen molar-refractivity contribution < 1.29 is 64.6 Å². The van der Waals surface area contributed by atoms with Crippen LogP contribution in [-0.2, 0) is 23.7 Å². The molecule has 0 aromatic rings. The van der Waals surface area contributed by atoms with Gasteiger partial charge in [0.2, 0.25) is 5.91 Å². The zero-order valence-electron chi connectivity index (χ0n) is 53.0. The van der Waals surface area contributed by atoms with Gasteiger partial charge in [0.25, 0.3) is 0 Å². The second-order valence-corrected chi connectivity index (χ2v) is 22.9. The summed E-state index contributed by atoms with van der Waals surface area (Å²) in [6.07, 6.45) is 64.6. The van der Waals surface area contributed by atoms with E-state index in [9.17, 15) is 45.6 Å². The topological polar surface area (TPSA) is 228 Å². The minimum Gasteiger partial charge on any atom is -0.394 e. The molecule has 14 nitrogen and oxygen atoms in total. The third-order valence-electron chi connectivity index (χ3n) is 15.4. The van der Waals surface area contributed by atoms with Crippen molar-refractivity contribution in [2.75, 3.05) is 19.8 Å². The van der Waals surface area contributed by atoms with Crippen molar-refractivity contribution in [2.45, 2.75) is 293 Å². The molecule has 86 heavy (non-hydrogen) atoms. The van der Waals surface area contributed by atoms with Gasteiger partial charge < -0.3 is 65.1 Å². The van der Waals surface area contributed by atoms with Crippen LogP contribution in [0.1, 0.15) is 219 Å². The van der Waals surface area contributed by atoms with Crippen molar-refractivity contribution in [1.29, 1.82) is 0 Å². The Morgan fingerprint density at radius 3 is 1.23 bits per heavy atom. The number of aliphatic hydroxyl groups is 8. The molecule has 1 amide bonds. The van der Waals surface area contributed by atoms with Gasteiger partial charge in [-0.05, 0) is 96.3 Å². The number of rotatable bonds is 52. The standard InChI is InChI=1S/C72H119NO13/c1-3-5-7-9-11-13-15-17-18-19-20-21-22-23-24-25-26-27-28-29-30-31-32-33-34-35-36-37-38-39-40-41-42-44-46-48-50-52-54-56-64(77)73-60(61(76)55-53-51-49-47-45-43-16-14-12-10-8-6-4-2)59-83-71-69(82)67(80)70(63(58-75)85-71)86-72-68(81)66(79)65(78)62(57-74)84-72/h5,7,11,13,17-18,20-21,23-24,26-27,29-30,32-33,35-36,38-39,41-42,60-63,65-72,74-76,78-82H,3-4,6,8-10,12,14-16,19,22,25,28,31,34,37,40,43-59H2,1-2H3,(H,73,77)/b7-5-,13-11-,18-17-,21-20-,24-23-,27-26-,30-29-,33-32-,36-35-,39-38-,42-41-. The maximum atomic E-state index is 13.3. The summed E-state index contributed by atoms with van der Waals surface area (Å²) in [6.45, 7) is 2.71. The van der Waals surface area contributed by atoms with E-state index in [1.165, 1.54) is 57.8 Å². The molecule has 14 heteroatoms. The SMILES string of the molecule is CC/C=C\C/C=C\C/C=C\C/C=C\C/C=C\C/C=C\C/C=C\C/C=C\C/C=C\C/C=C\C/C=C\CCCCCCCC(=O)NC(COC1OC(CO)C(OC2OC(CO)C(O)C(O)C2O)C(O)C1O)C(O)CCCCCCCCCCCCCCC.